The number of anilines is 1. The van der Waals surface area contributed by atoms with E-state index in [9.17, 15) is 19.5 Å². The lowest BCUT2D eigenvalue weighted by Crippen LogP contribution is -2.58. The van der Waals surface area contributed by atoms with E-state index in [1.165, 1.54) is 9.80 Å². The Morgan fingerprint density at radius 3 is 2.69 bits per heavy atom. The Balaban J connectivity index is 1.86. The number of hydrogen-bond acceptors (Lipinski definition) is 6. The van der Waals surface area contributed by atoms with E-state index in [1.54, 1.807) is 44.2 Å². The molecule has 3 saturated heterocycles. The van der Waals surface area contributed by atoms with E-state index >= 15 is 0 Å². The number of ether oxygens (including phenoxy) is 2. The molecule has 6 atom stereocenters. The van der Waals surface area contributed by atoms with Crippen molar-refractivity contribution in [3.05, 3.63) is 41.9 Å². The number of benzene rings is 1. The molecule has 0 aliphatic carbocycles. The predicted molar refractivity (Wildman–Crippen MR) is 131 cm³/mol. The molecule has 1 aromatic carbocycles. The highest BCUT2D eigenvalue weighted by molar-refractivity contribution is 6.34. The van der Waals surface area contributed by atoms with Crippen molar-refractivity contribution in [2.45, 2.75) is 63.3 Å². The number of hydrogen-bond donors (Lipinski definition) is 1. The fraction of sp³-hybridized carbons (Fsp3) is 0.577. The van der Waals surface area contributed by atoms with Crippen LogP contribution in [-0.4, -0.2) is 70.8 Å². The van der Waals surface area contributed by atoms with Crippen molar-refractivity contribution in [3.8, 4) is 0 Å². The molecule has 2 unspecified atom stereocenters. The zero-order chi connectivity index (χ0) is 25.5. The predicted octanol–water partition coefficient (Wildman–Crippen LogP) is 2.96. The van der Waals surface area contributed by atoms with Crippen LogP contribution in [-0.2, 0) is 23.9 Å². The van der Waals surface area contributed by atoms with Crippen LogP contribution in [0.1, 0.15) is 40.0 Å². The van der Waals surface area contributed by atoms with Crippen molar-refractivity contribution in [1.29, 1.82) is 0 Å². The quantitative estimate of drug-likeness (QED) is 0.410. The molecule has 9 heteroatoms. The maximum absolute atomic E-state index is 14.3. The average Bonchev–Trinajstić information content (AvgIpc) is 3.46. The van der Waals surface area contributed by atoms with Gasteiger partial charge in [-0.05, 0) is 45.2 Å². The molecule has 1 N–H and O–H groups in total. The van der Waals surface area contributed by atoms with Gasteiger partial charge in [-0.15, -0.1) is 6.58 Å². The number of aliphatic hydroxyl groups excluding tert-OH is 1. The number of halogens is 1. The minimum Gasteiger partial charge on any atom is -0.466 e. The van der Waals surface area contributed by atoms with Crippen molar-refractivity contribution in [3.63, 3.8) is 0 Å². The molecular weight excluding hydrogens is 472 g/mol. The third kappa shape index (κ3) is 3.69. The second kappa shape index (κ2) is 9.56. The molecule has 2 amide bonds. The lowest BCUT2D eigenvalue weighted by molar-refractivity contribution is -0.161. The van der Waals surface area contributed by atoms with Crippen LogP contribution in [0.15, 0.2) is 36.9 Å². The van der Waals surface area contributed by atoms with Crippen LogP contribution >= 0.6 is 11.6 Å². The molecule has 0 radical (unpaired) electrons. The molecule has 4 rings (SSSR count). The Bertz CT molecular complexity index is 1030. The van der Waals surface area contributed by atoms with E-state index in [4.69, 9.17) is 21.1 Å². The first kappa shape index (κ1) is 25.7. The van der Waals surface area contributed by atoms with Crippen molar-refractivity contribution >= 4 is 35.1 Å². The molecule has 2 bridgehead atoms. The number of nitrogens with zero attached hydrogens (tertiary/aromatic N) is 2. The van der Waals surface area contributed by atoms with Gasteiger partial charge in [0.15, 0.2) is 0 Å². The summed E-state index contributed by atoms with van der Waals surface area (Å²) >= 11 is 6.45. The van der Waals surface area contributed by atoms with Crippen LogP contribution in [0.2, 0.25) is 5.02 Å². The van der Waals surface area contributed by atoms with Gasteiger partial charge in [0, 0.05) is 6.54 Å². The number of fused-ring (bicyclic) bond motifs is 1. The summed E-state index contributed by atoms with van der Waals surface area (Å²) in [7, 11) is 0. The molecule has 8 nitrogen and oxygen atoms in total. The van der Waals surface area contributed by atoms with Gasteiger partial charge in [0.25, 0.3) is 5.91 Å². The number of esters is 1. The molecule has 0 saturated carbocycles. The van der Waals surface area contributed by atoms with Crippen LogP contribution in [0.4, 0.5) is 5.69 Å². The molecule has 3 aliphatic rings. The first-order chi connectivity index (χ1) is 16.7. The van der Waals surface area contributed by atoms with Gasteiger partial charge in [0.1, 0.15) is 17.6 Å². The largest absolute Gasteiger partial charge is 0.466 e. The fourth-order valence-corrected chi connectivity index (χ4v) is 6.58. The van der Waals surface area contributed by atoms with Crippen molar-refractivity contribution in [2.24, 2.45) is 11.8 Å². The molecule has 1 aromatic rings. The number of aliphatic hydroxyl groups is 1. The number of carbonyl (C=O) groups excluding carboxylic acids is 3. The highest BCUT2D eigenvalue weighted by Gasteiger charge is 2.79. The Labute approximate surface area is 210 Å². The maximum atomic E-state index is 14.3. The minimum absolute atomic E-state index is 0.162. The lowest BCUT2D eigenvalue weighted by atomic mass is 9.65. The van der Waals surface area contributed by atoms with Gasteiger partial charge in [0.05, 0.1) is 41.5 Å². The highest BCUT2D eigenvalue weighted by atomic mass is 35.5. The second-order valence-corrected chi connectivity index (χ2v) is 9.96. The number of amides is 2. The van der Waals surface area contributed by atoms with Gasteiger partial charge in [-0.25, -0.2) is 0 Å². The van der Waals surface area contributed by atoms with Crippen LogP contribution in [0.3, 0.4) is 0 Å². The molecule has 35 heavy (non-hydrogen) atoms. The van der Waals surface area contributed by atoms with Gasteiger partial charge in [0.2, 0.25) is 5.91 Å². The molecule has 3 fully saturated rings. The van der Waals surface area contributed by atoms with Gasteiger partial charge >= 0.3 is 5.97 Å². The van der Waals surface area contributed by atoms with E-state index in [0.29, 0.717) is 30.0 Å². The van der Waals surface area contributed by atoms with E-state index in [-0.39, 0.29) is 31.6 Å². The molecule has 190 valence electrons. The van der Waals surface area contributed by atoms with Crippen molar-refractivity contribution in [1.82, 2.24) is 4.90 Å². The van der Waals surface area contributed by atoms with Gasteiger partial charge in [-0.1, -0.05) is 36.7 Å². The first-order valence-corrected chi connectivity index (χ1v) is 12.6. The molecule has 0 aromatic heterocycles. The zero-order valence-corrected chi connectivity index (χ0v) is 21.2. The second-order valence-electron chi connectivity index (χ2n) is 9.55. The third-order valence-corrected chi connectivity index (χ3v) is 8.17. The van der Waals surface area contributed by atoms with Crippen LogP contribution < -0.4 is 4.90 Å². The third-order valence-electron chi connectivity index (χ3n) is 7.85. The highest BCUT2D eigenvalue weighted by Crippen LogP contribution is 2.64. The van der Waals surface area contributed by atoms with E-state index in [1.807, 2.05) is 6.92 Å². The standard InChI is InChI=1S/C26H33ClN2O6/c1-5-14-28(18-11-9-8-10-17(18)27)23(32)21-26-13-12-25(6-2,35-26)20(24(33)34-7-3)19(26)22(31)29(21)16(4)15-30/h5,8-11,16,19-21,30H,1,6-7,12-15H2,2-4H3/t16-,19+,20-,21?,25+,26?/m1/s1. The number of para-hydroxylation sites is 1. The van der Waals surface area contributed by atoms with Crippen molar-refractivity contribution < 1.29 is 29.0 Å². The van der Waals surface area contributed by atoms with E-state index in [2.05, 4.69) is 6.58 Å². The maximum Gasteiger partial charge on any atom is 0.312 e. The van der Waals surface area contributed by atoms with Gasteiger partial charge < -0.3 is 24.4 Å². The number of likely N-dealkylation sites (tertiary alicyclic amines) is 1. The smallest absolute Gasteiger partial charge is 0.312 e. The Kier molecular flexibility index (Phi) is 7.01. The number of carbonyl (C=O) groups is 3. The lowest BCUT2D eigenvalue weighted by Gasteiger charge is -2.38. The first-order valence-electron chi connectivity index (χ1n) is 12.2. The summed E-state index contributed by atoms with van der Waals surface area (Å²) in [6.07, 6.45) is 3.09. The van der Waals surface area contributed by atoms with Crippen LogP contribution in [0.5, 0.6) is 0 Å². The van der Waals surface area contributed by atoms with Gasteiger partial charge in [-0.3, -0.25) is 14.4 Å². The van der Waals surface area contributed by atoms with Crippen LogP contribution in [0.25, 0.3) is 0 Å². The van der Waals surface area contributed by atoms with E-state index in [0.717, 1.165) is 0 Å². The molecule has 1 spiro atoms. The van der Waals surface area contributed by atoms with E-state index < -0.39 is 41.1 Å². The summed E-state index contributed by atoms with van der Waals surface area (Å²) in [5.74, 6) is -2.91. The SMILES string of the molecule is C=CCN(C(=O)C1N([C@H](C)CO)C(=O)[C@@H]2[C@H](C(=O)OCC)[C@]3(CC)CCC12O3)c1ccccc1Cl. The summed E-state index contributed by atoms with van der Waals surface area (Å²) in [6, 6.07) is 5.28. The Morgan fingerprint density at radius 1 is 1.37 bits per heavy atom. The zero-order valence-electron chi connectivity index (χ0n) is 20.4. The topological polar surface area (TPSA) is 96.4 Å². The van der Waals surface area contributed by atoms with Crippen molar-refractivity contribution in [2.75, 3.05) is 24.7 Å². The van der Waals surface area contributed by atoms with Crippen LogP contribution in [0, 0.1) is 11.8 Å². The summed E-state index contributed by atoms with van der Waals surface area (Å²) < 4.78 is 12.1. The fourth-order valence-electron chi connectivity index (χ4n) is 6.34. The Hall–Kier alpha value is -2.42. The summed E-state index contributed by atoms with van der Waals surface area (Å²) in [4.78, 5) is 44.4. The van der Waals surface area contributed by atoms with Gasteiger partial charge in [-0.2, -0.15) is 0 Å². The minimum atomic E-state index is -1.20. The number of rotatable bonds is 9. The monoisotopic (exact) mass is 504 g/mol. The Morgan fingerprint density at radius 2 is 2.09 bits per heavy atom. The molecule has 3 heterocycles. The average molecular weight is 505 g/mol. The summed E-state index contributed by atoms with van der Waals surface area (Å²) in [5, 5.41) is 10.4. The molecule has 3 aliphatic heterocycles. The normalized spacial score (nSPS) is 31.9. The summed E-state index contributed by atoms with van der Waals surface area (Å²) in [5.41, 5.74) is -1.58. The summed E-state index contributed by atoms with van der Waals surface area (Å²) in [6.45, 7) is 9.13. The molecular formula is C26H33ClN2O6.